The molecule has 1 amide bonds. The van der Waals surface area contributed by atoms with Crippen LogP contribution in [0.5, 0.6) is 5.75 Å². The first kappa shape index (κ1) is 14.5. The van der Waals surface area contributed by atoms with Crippen LogP contribution in [0.15, 0.2) is 24.3 Å². The number of rotatable bonds is 7. The van der Waals surface area contributed by atoms with Crippen molar-refractivity contribution >= 4 is 5.91 Å². The number of carbonyl (C=O) groups is 1. The minimum absolute atomic E-state index is 0.0489. The maximum Gasteiger partial charge on any atom is 0.224 e. The Morgan fingerprint density at radius 3 is 2.89 bits per heavy atom. The van der Waals surface area contributed by atoms with E-state index in [0.29, 0.717) is 6.54 Å². The molecular weight excluding hydrogens is 228 g/mol. The monoisotopic (exact) mass is 250 g/mol. The van der Waals surface area contributed by atoms with Gasteiger partial charge in [-0.3, -0.25) is 4.79 Å². The lowest BCUT2D eigenvalue weighted by molar-refractivity contribution is -0.121. The fraction of sp³-hybridized carbons (Fsp3) is 0.500. The number of phenols is 1. The van der Waals surface area contributed by atoms with Gasteiger partial charge in [-0.15, -0.1) is 0 Å². The zero-order valence-electron chi connectivity index (χ0n) is 10.9. The maximum atomic E-state index is 11.8. The van der Waals surface area contributed by atoms with Crippen molar-refractivity contribution in [2.24, 2.45) is 5.73 Å². The maximum absolute atomic E-state index is 11.8. The van der Waals surface area contributed by atoms with Crippen molar-refractivity contribution in [2.45, 2.75) is 38.6 Å². The third kappa shape index (κ3) is 5.19. The second-order valence-electron chi connectivity index (χ2n) is 4.49. The van der Waals surface area contributed by atoms with E-state index in [1.54, 1.807) is 18.2 Å². The van der Waals surface area contributed by atoms with Crippen molar-refractivity contribution in [3.8, 4) is 5.75 Å². The summed E-state index contributed by atoms with van der Waals surface area (Å²) in [5.74, 6) is 0.133. The molecule has 1 aromatic carbocycles. The van der Waals surface area contributed by atoms with E-state index in [-0.39, 0.29) is 24.1 Å². The molecule has 0 spiro atoms. The van der Waals surface area contributed by atoms with Crippen LogP contribution in [0.3, 0.4) is 0 Å². The van der Waals surface area contributed by atoms with E-state index in [1.807, 2.05) is 6.07 Å². The third-order valence-corrected chi connectivity index (χ3v) is 2.83. The van der Waals surface area contributed by atoms with Crippen LogP contribution in [0.2, 0.25) is 0 Å². The normalized spacial score (nSPS) is 12.1. The van der Waals surface area contributed by atoms with Crippen molar-refractivity contribution in [1.82, 2.24) is 5.32 Å². The van der Waals surface area contributed by atoms with Gasteiger partial charge in [0.05, 0.1) is 6.42 Å². The molecule has 100 valence electrons. The number of nitrogens with one attached hydrogen (secondary N) is 1. The van der Waals surface area contributed by atoms with E-state index < -0.39 is 0 Å². The van der Waals surface area contributed by atoms with Gasteiger partial charge in [-0.25, -0.2) is 0 Å². The Balaban J connectivity index is 2.45. The molecule has 1 atom stereocenters. The van der Waals surface area contributed by atoms with Crippen LogP contribution >= 0.6 is 0 Å². The Labute approximate surface area is 108 Å². The summed E-state index contributed by atoms with van der Waals surface area (Å²) in [4.78, 5) is 11.8. The second kappa shape index (κ2) is 7.71. The summed E-state index contributed by atoms with van der Waals surface area (Å²) in [6.07, 6.45) is 3.35. The summed E-state index contributed by atoms with van der Waals surface area (Å²) >= 11 is 0. The average Bonchev–Trinajstić information content (AvgIpc) is 2.34. The highest BCUT2D eigenvalue weighted by molar-refractivity contribution is 5.79. The predicted octanol–water partition coefficient (Wildman–Crippen LogP) is 1.57. The van der Waals surface area contributed by atoms with Crippen molar-refractivity contribution < 1.29 is 9.90 Å². The van der Waals surface area contributed by atoms with Gasteiger partial charge in [0.15, 0.2) is 0 Å². The van der Waals surface area contributed by atoms with Crippen molar-refractivity contribution in [2.75, 3.05) is 6.54 Å². The lowest BCUT2D eigenvalue weighted by Crippen LogP contribution is -2.40. The van der Waals surface area contributed by atoms with Gasteiger partial charge in [0, 0.05) is 12.6 Å². The van der Waals surface area contributed by atoms with E-state index in [2.05, 4.69) is 12.2 Å². The molecule has 1 aromatic rings. The first-order valence-corrected chi connectivity index (χ1v) is 6.43. The summed E-state index contributed by atoms with van der Waals surface area (Å²) < 4.78 is 0. The number of carbonyl (C=O) groups excluding carboxylic acids is 1. The van der Waals surface area contributed by atoms with Crippen LogP contribution in [-0.2, 0) is 11.2 Å². The highest BCUT2D eigenvalue weighted by atomic mass is 16.3. The minimum atomic E-state index is -0.0489. The molecule has 4 nitrogen and oxygen atoms in total. The lowest BCUT2D eigenvalue weighted by atomic mass is 10.1. The van der Waals surface area contributed by atoms with Crippen molar-refractivity contribution in [1.29, 1.82) is 0 Å². The Hall–Kier alpha value is -1.55. The molecule has 0 heterocycles. The first-order chi connectivity index (χ1) is 8.65. The highest BCUT2D eigenvalue weighted by Gasteiger charge is 2.10. The smallest absolute Gasteiger partial charge is 0.224 e. The van der Waals surface area contributed by atoms with Gasteiger partial charge in [0.1, 0.15) is 5.75 Å². The molecule has 0 saturated heterocycles. The van der Waals surface area contributed by atoms with Crippen LogP contribution in [0.4, 0.5) is 0 Å². The molecule has 4 heteroatoms. The number of hydrogen-bond donors (Lipinski definition) is 3. The summed E-state index contributed by atoms with van der Waals surface area (Å²) in [5, 5.41) is 12.2. The molecule has 0 aliphatic rings. The Kier molecular flexibility index (Phi) is 6.22. The predicted molar refractivity (Wildman–Crippen MR) is 72.3 cm³/mol. The first-order valence-electron chi connectivity index (χ1n) is 6.43. The van der Waals surface area contributed by atoms with Crippen molar-refractivity contribution in [3.05, 3.63) is 29.8 Å². The molecule has 18 heavy (non-hydrogen) atoms. The molecule has 0 aliphatic carbocycles. The zero-order valence-corrected chi connectivity index (χ0v) is 10.9. The van der Waals surface area contributed by atoms with Crippen LogP contribution in [0, 0.1) is 0 Å². The van der Waals surface area contributed by atoms with Gasteiger partial charge >= 0.3 is 0 Å². The fourth-order valence-electron chi connectivity index (χ4n) is 1.83. The Morgan fingerprint density at radius 1 is 1.50 bits per heavy atom. The number of aromatic hydroxyl groups is 1. The minimum Gasteiger partial charge on any atom is -0.508 e. The average molecular weight is 250 g/mol. The molecular formula is C14H22N2O2. The SMILES string of the molecule is CCCCC(CN)NC(=O)Cc1cccc(O)c1. The standard InChI is InChI=1S/C14H22N2O2/c1-2-3-6-12(10-15)16-14(18)9-11-5-4-7-13(17)8-11/h4-5,7-8,12,17H,2-3,6,9-10,15H2,1H3,(H,16,18). The van der Waals surface area contributed by atoms with E-state index in [1.165, 1.54) is 0 Å². The molecule has 0 aromatic heterocycles. The molecule has 0 aliphatic heterocycles. The van der Waals surface area contributed by atoms with Gasteiger partial charge in [0.25, 0.3) is 0 Å². The van der Waals surface area contributed by atoms with E-state index in [0.717, 1.165) is 24.8 Å². The quantitative estimate of drug-likeness (QED) is 0.687. The van der Waals surface area contributed by atoms with E-state index >= 15 is 0 Å². The van der Waals surface area contributed by atoms with Gasteiger partial charge < -0.3 is 16.2 Å². The van der Waals surface area contributed by atoms with Gasteiger partial charge in [-0.1, -0.05) is 31.9 Å². The number of benzene rings is 1. The highest BCUT2D eigenvalue weighted by Crippen LogP contribution is 2.11. The van der Waals surface area contributed by atoms with Gasteiger partial charge in [-0.2, -0.15) is 0 Å². The summed E-state index contributed by atoms with van der Waals surface area (Å²) in [7, 11) is 0. The molecule has 0 bridgehead atoms. The molecule has 1 rings (SSSR count). The summed E-state index contributed by atoms with van der Waals surface area (Å²) in [5.41, 5.74) is 6.43. The van der Waals surface area contributed by atoms with E-state index in [4.69, 9.17) is 5.73 Å². The van der Waals surface area contributed by atoms with Crippen molar-refractivity contribution in [3.63, 3.8) is 0 Å². The van der Waals surface area contributed by atoms with E-state index in [9.17, 15) is 9.90 Å². The third-order valence-electron chi connectivity index (χ3n) is 2.83. The van der Waals surface area contributed by atoms with Crippen LogP contribution in [-0.4, -0.2) is 23.6 Å². The number of unbranched alkanes of at least 4 members (excludes halogenated alkanes) is 1. The Bertz CT molecular complexity index is 380. The molecule has 4 N–H and O–H groups in total. The fourth-order valence-corrected chi connectivity index (χ4v) is 1.83. The number of amides is 1. The second-order valence-corrected chi connectivity index (χ2v) is 4.49. The number of phenolic OH excluding ortho intramolecular Hbond substituents is 1. The lowest BCUT2D eigenvalue weighted by Gasteiger charge is -2.16. The van der Waals surface area contributed by atoms with Gasteiger partial charge in [-0.05, 0) is 24.1 Å². The molecule has 0 radical (unpaired) electrons. The largest absolute Gasteiger partial charge is 0.508 e. The van der Waals surface area contributed by atoms with Gasteiger partial charge in [0.2, 0.25) is 5.91 Å². The topological polar surface area (TPSA) is 75.3 Å². The number of nitrogens with two attached hydrogens (primary N) is 1. The van der Waals surface area contributed by atoms with Crippen LogP contribution < -0.4 is 11.1 Å². The Morgan fingerprint density at radius 2 is 2.28 bits per heavy atom. The number of hydrogen-bond acceptors (Lipinski definition) is 3. The molecule has 0 fully saturated rings. The molecule has 0 saturated carbocycles. The zero-order chi connectivity index (χ0) is 13.4. The summed E-state index contributed by atoms with van der Waals surface area (Å²) in [6, 6.07) is 6.79. The van der Waals surface area contributed by atoms with Crippen LogP contribution in [0.25, 0.3) is 0 Å². The summed E-state index contributed by atoms with van der Waals surface area (Å²) in [6.45, 7) is 2.58. The van der Waals surface area contributed by atoms with Crippen LogP contribution in [0.1, 0.15) is 31.7 Å². The molecule has 1 unspecified atom stereocenters.